The minimum absolute atomic E-state index is 0.118. The van der Waals surface area contributed by atoms with E-state index in [9.17, 15) is 4.39 Å². The Morgan fingerprint density at radius 1 is 1.40 bits per heavy atom. The SMILES string of the molecule is COc1ccc(C(C)NC2CCCCC2CN)cc1F. The molecule has 4 heteroatoms. The minimum Gasteiger partial charge on any atom is -0.494 e. The largest absolute Gasteiger partial charge is 0.494 e. The van der Waals surface area contributed by atoms with Crippen molar-refractivity contribution >= 4 is 0 Å². The quantitative estimate of drug-likeness (QED) is 0.871. The van der Waals surface area contributed by atoms with Gasteiger partial charge in [0.2, 0.25) is 0 Å². The van der Waals surface area contributed by atoms with E-state index in [2.05, 4.69) is 12.2 Å². The van der Waals surface area contributed by atoms with Gasteiger partial charge >= 0.3 is 0 Å². The fraction of sp³-hybridized carbons (Fsp3) is 0.625. The zero-order valence-electron chi connectivity index (χ0n) is 12.4. The molecule has 0 amide bonds. The first-order valence-corrected chi connectivity index (χ1v) is 7.45. The number of nitrogens with two attached hydrogens (primary N) is 1. The van der Waals surface area contributed by atoms with Crippen molar-refractivity contribution in [2.45, 2.75) is 44.7 Å². The highest BCUT2D eigenvalue weighted by Gasteiger charge is 2.25. The van der Waals surface area contributed by atoms with Gasteiger partial charge in [-0.1, -0.05) is 18.9 Å². The molecule has 1 aliphatic carbocycles. The van der Waals surface area contributed by atoms with Crippen LogP contribution < -0.4 is 15.8 Å². The molecule has 1 aliphatic rings. The van der Waals surface area contributed by atoms with E-state index in [1.807, 2.05) is 6.07 Å². The molecule has 0 spiro atoms. The second-order valence-electron chi connectivity index (χ2n) is 5.67. The molecule has 0 saturated heterocycles. The maximum Gasteiger partial charge on any atom is 0.165 e. The molecule has 2 rings (SSSR count). The molecule has 0 aromatic heterocycles. The third-order valence-electron chi connectivity index (χ3n) is 4.35. The van der Waals surface area contributed by atoms with Gasteiger partial charge in [0.25, 0.3) is 0 Å². The third kappa shape index (κ3) is 3.49. The van der Waals surface area contributed by atoms with Crippen LogP contribution in [0.2, 0.25) is 0 Å². The Morgan fingerprint density at radius 2 is 2.15 bits per heavy atom. The van der Waals surface area contributed by atoms with E-state index in [0.29, 0.717) is 17.7 Å². The van der Waals surface area contributed by atoms with Crippen molar-refractivity contribution in [1.82, 2.24) is 5.32 Å². The molecule has 0 heterocycles. The molecule has 1 saturated carbocycles. The molecule has 112 valence electrons. The van der Waals surface area contributed by atoms with Crippen LogP contribution in [0.1, 0.15) is 44.2 Å². The fourth-order valence-corrected chi connectivity index (χ4v) is 3.08. The lowest BCUT2D eigenvalue weighted by molar-refractivity contribution is 0.252. The number of ether oxygens (including phenoxy) is 1. The van der Waals surface area contributed by atoms with E-state index < -0.39 is 0 Å². The smallest absolute Gasteiger partial charge is 0.165 e. The minimum atomic E-state index is -0.308. The summed E-state index contributed by atoms with van der Waals surface area (Å²) in [6.07, 6.45) is 4.87. The summed E-state index contributed by atoms with van der Waals surface area (Å²) in [7, 11) is 1.48. The highest BCUT2D eigenvalue weighted by Crippen LogP contribution is 2.27. The van der Waals surface area contributed by atoms with Crippen LogP contribution in [-0.2, 0) is 0 Å². The van der Waals surface area contributed by atoms with Crippen molar-refractivity contribution in [2.24, 2.45) is 11.7 Å². The van der Waals surface area contributed by atoms with Crippen LogP contribution >= 0.6 is 0 Å². The Morgan fingerprint density at radius 3 is 2.80 bits per heavy atom. The van der Waals surface area contributed by atoms with Gasteiger partial charge in [-0.25, -0.2) is 4.39 Å². The summed E-state index contributed by atoms with van der Waals surface area (Å²) >= 11 is 0. The van der Waals surface area contributed by atoms with E-state index in [1.54, 1.807) is 12.1 Å². The average molecular weight is 280 g/mol. The summed E-state index contributed by atoms with van der Waals surface area (Å²) in [5.74, 6) is 0.519. The number of hydrogen-bond donors (Lipinski definition) is 2. The highest BCUT2D eigenvalue weighted by atomic mass is 19.1. The lowest BCUT2D eigenvalue weighted by Crippen LogP contribution is -2.42. The Kier molecular flexibility index (Phi) is 5.38. The second-order valence-corrected chi connectivity index (χ2v) is 5.67. The van der Waals surface area contributed by atoms with E-state index in [0.717, 1.165) is 18.5 Å². The lowest BCUT2D eigenvalue weighted by Gasteiger charge is -2.34. The molecule has 3 nitrogen and oxygen atoms in total. The van der Waals surface area contributed by atoms with Gasteiger partial charge in [0, 0.05) is 12.1 Å². The Hall–Kier alpha value is -1.13. The van der Waals surface area contributed by atoms with Gasteiger partial charge in [0.1, 0.15) is 0 Å². The summed E-state index contributed by atoms with van der Waals surface area (Å²) < 4.78 is 18.7. The predicted molar refractivity (Wildman–Crippen MR) is 79.3 cm³/mol. The van der Waals surface area contributed by atoms with Crippen LogP contribution in [0.5, 0.6) is 5.75 Å². The molecule has 1 fully saturated rings. The molecule has 3 unspecified atom stereocenters. The van der Waals surface area contributed by atoms with Crippen molar-refractivity contribution in [3.8, 4) is 5.75 Å². The maximum absolute atomic E-state index is 13.8. The monoisotopic (exact) mass is 280 g/mol. The van der Waals surface area contributed by atoms with Crippen LogP contribution in [0.4, 0.5) is 4.39 Å². The summed E-state index contributed by atoms with van der Waals surface area (Å²) in [5, 5.41) is 3.61. The van der Waals surface area contributed by atoms with Crippen molar-refractivity contribution < 1.29 is 9.13 Å². The molecular formula is C16H25FN2O. The summed E-state index contributed by atoms with van der Waals surface area (Å²) in [6, 6.07) is 5.71. The van der Waals surface area contributed by atoms with Crippen LogP contribution in [-0.4, -0.2) is 19.7 Å². The topological polar surface area (TPSA) is 47.3 Å². The fourth-order valence-electron chi connectivity index (χ4n) is 3.08. The third-order valence-corrected chi connectivity index (χ3v) is 4.35. The van der Waals surface area contributed by atoms with Crippen LogP contribution in [0.3, 0.4) is 0 Å². The zero-order chi connectivity index (χ0) is 14.5. The molecule has 20 heavy (non-hydrogen) atoms. The molecular weight excluding hydrogens is 255 g/mol. The molecule has 0 radical (unpaired) electrons. The van der Waals surface area contributed by atoms with E-state index in [-0.39, 0.29) is 11.9 Å². The van der Waals surface area contributed by atoms with Gasteiger partial charge in [-0.05, 0) is 49.9 Å². The molecule has 3 atom stereocenters. The molecule has 1 aromatic rings. The van der Waals surface area contributed by atoms with Crippen LogP contribution in [0, 0.1) is 11.7 Å². The number of halogens is 1. The number of methoxy groups -OCH3 is 1. The van der Waals surface area contributed by atoms with Crippen LogP contribution in [0.25, 0.3) is 0 Å². The normalized spacial score (nSPS) is 24.4. The first kappa shape index (κ1) is 15.3. The Labute approximate surface area is 120 Å². The predicted octanol–water partition coefficient (Wildman–Crippen LogP) is 3.00. The molecule has 0 aliphatic heterocycles. The number of hydrogen-bond acceptors (Lipinski definition) is 3. The summed E-state index contributed by atoms with van der Waals surface area (Å²) in [4.78, 5) is 0. The van der Waals surface area contributed by atoms with Gasteiger partial charge in [-0.15, -0.1) is 0 Å². The molecule has 1 aromatic carbocycles. The number of nitrogens with one attached hydrogen (secondary N) is 1. The second kappa shape index (κ2) is 7.04. The zero-order valence-corrected chi connectivity index (χ0v) is 12.4. The van der Waals surface area contributed by atoms with Gasteiger partial charge in [-0.3, -0.25) is 0 Å². The van der Waals surface area contributed by atoms with Crippen molar-refractivity contribution in [1.29, 1.82) is 0 Å². The lowest BCUT2D eigenvalue weighted by atomic mass is 9.84. The van der Waals surface area contributed by atoms with Gasteiger partial charge in [0.05, 0.1) is 7.11 Å². The standard InChI is InChI=1S/C16H25FN2O/c1-11(12-7-8-16(20-2)14(17)9-12)19-15-6-4-3-5-13(15)10-18/h7-9,11,13,15,19H,3-6,10,18H2,1-2H3. The Balaban J connectivity index is 2.03. The van der Waals surface area contributed by atoms with Crippen molar-refractivity contribution in [2.75, 3.05) is 13.7 Å². The highest BCUT2D eigenvalue weighted by molar-refractivity contribution is 5.30. The van der Waals surface area contributed by atoms with Crippen molar-refractivity contribution in [3.05, 3.63) is 29.6 Å². The van der Waals surface area contributed by atoms with E-state index in [4.69, 9.17) is 10.5 Å². The van der Waals surface area contributed by atoms with Gasteiger partial charge in [-0.2, -0.15) is 0 Å². The summed E-state index contributed by atoms with van der Waals surface area (Å²) in [5.41, 5.74) is 6.80. The molecule has 0 bridgehead atoms. The summed E-state index contributed by atoms with van der Waals surface area (Å²) in [6.45, 7) is 2.80. The number of rotatable bonds is 5. The van der Waals surface area contributed by atoms with Crippen LogP contribution in [0.15, 0.2) is 18.2 Å². The van der Waals surface area contributed by atoms with Gasteiger partial charge < -0.3 is 15.8 Å². The van der Waals surface area contributed by atoms with E-state index >= 15 is 0 Å². The Bertz CT molecular complexity index is 438. The first-order chi connectivity index (χ1) is 9.65. The van der Waals surface area contributed by atoms with Crippen molar-refractivity contribution in [3.63, 3.8) is 0 Å². The maximum atomic E-state index is 13.8. The van der Waals surface area contributed by atoms with Gasteiger partial charge in [0.15, 0.2) is 11.6 Å². The first-order valence-electron chi connectivity index (χ1n) is 7.45. The van der Waals surface area contributed by atoms with E-state index in [1.165, 1.54) is 26.4 Å². The molecule has 3 N–H and O–H groups in total. The number of benzene rings is 1. The average Bonchev–Trinajstić information content (AvgIpc) is 2.47.